The van der Waals surface area contributed by atoms with Gasteiger partial charge in [0.25, 0.3) is 5.91 Å². The molecule has 7 nitrogen and oxygen atoms in total. The number of nitrogens with zero attached hydrogens (tertiary/aromatic N) is 3. The van der Waals surface area contributed by atoms with E-state index in [-0.39, 0.29) is 18.2 Å². The normalized spacial score (nSPS) is 16.1. The van der Waals surface area contributed by atoms with Crippen molar-refractivity contribution >= 4 is 34.3 Å². The number of benzene rings is 2. The zero-order valence-electron chi connectivity index (χ0n) is 16.5. The minimum atomic E-state index is -0.823. The molecule has 1 aromatic heterocycles. The van der Waals surface area contributed by atoms with Crippen molar-refractivity contribution < 1.29 is 14.4 Å². The average Bonchev–Trinajstić information content (AvgIpc) is 3.29. The summed E-state index contributed by atoms with van der Waals surface area (Å²) < 4.78 is 0. The molecule has 1 fully saturated rings. The number of para-hydroxylation sites is 1. The van der Waals surface area contributed by atoms with Crippen molar-refractivity contribution in [1.82, 2.24) is 9.88 Å². The number of hydrogen-bond donors (Lipinski definition) is 1. The van der Waals surface area contributed by atoms with Crippen molar-refractivity contribution in [3.63, 3.8) is 0 Å². The van der Waals surface area contributed by atoms with Crippen LogP contribution in [0.15, 0.2) is 54.7 Å². The van der Waals surface area contributed by atoms with Gasteiger partial charge in [-0.05, 0) is 42.3 Å². The second-order valence-corrected chi connectivity index (χ2v) is 7.27. The lowest BCUT2D eigenvalue weighted by atomic mass is 10.1. The van der Waals surface area contributed by atoms with Gasteiger partial charge in [-0.3, -0.25) is 14.4 Å². The van der Waals surface area contributed by atoms with E-state index in [1.807, 2.05) is 36.5 Å². The number of H-pyrrole nitrogens is 1. The van der Waals surface area contributed by atoms with E-state index in [1.165, 1.54) is 11.8 Å². The summed E-state index contributed by atoms with van der Waals surface area (Å²) in [6, 6.07) is 15.3. The average molecular weight is 400 g/mol. The third-order valence-corrected chi connectivity index (χ3v) is 5.46. The number of nitriles is 1. The molecule has 150 valence electrons. The molecule has 1 aliphatic heterocycles. The van der Waals surface area contributed by atoms with E-state index >= 15 is 0 Å². The highest BCUT2D eigenvalue weighted by Crippen LogP contribution is 2.27. The van der Waals surface area contributed by atoms with Crippen LogP contribution in [0.25, 0.3) is 10.9 Å². The van der Waals surface area contributed by atoms with Crippen LogP contribution in [0.2, 0.25) is 0 Å². The summed E-state index contributed by atoms with van der Waals surface area (Å²) in [5, 5.41) is 10.0. The van der Waals surface area contributed by atoms with Crippen LogP contribution in [-0.4, -0.2) is 40.2 Å². The summed E-state index contributed by atoms with van der Waals surface area (Å²) in [5.74, 6) is -1.02. The van der Waals surface area contributed by atoms with Gasteiger partial charge in [-0.1, -0.05) is 18.2 Å². The fourth-order valence-electron chi connectivity index (χ4n) is 3.93. The van der Waals surface area contributed by atoms with Crippen LogP contribution in [0, 0.1) is 11.3 Å². The van der Waals surface area contributed by atoms with Crippen molar-refractivity contribution in [2.75, 3.05) is 11.4 Å². The number of nitrogens with one attached hydrogen (secondary N) is 1. The molecule has 30 heavy (non-hydrogen) atoms. The first-order valence-electron chi connectivity index (χ1n) is 9.68. The Morgan fingerprint density at radius 1 is 1.20 bits per heavy atom. The molecule has 2 aromatic carbocycles. The first kappa shape index (κ1) is 19.4. The zero-order valence-corrected chi connectivity index (χ0v) is 16.5. The zero-order chi connectivity index (χ0) is 21.3. The third kappa shape index (κ3) is 3.44. The van der Waals surface area contributed by atoms with Crippen LogP contribution in [0.4, 0.5) is 5.69 Å². The van der Waals surface area contributed by atoms with E-state index in [1.54, 1.807) is 24.3 Å². The largest absolute Gasteiger partial charge is 0.361 e. The Balaban J connectivity index is 1.54. The molecule has 0 radical (unpaired) electrons. The van der Waals surface area contributed by atoms with Gasteiger partial charge in [-0.2, -0.15) is 5.26 Å². The van der Waals surface area contributed by atoms with E-state index in [2.05, 4.69) is 4.98 Å². The number of aromatic amines is 1. The molecule has 1 aliphatic rings. The summed E-state index contributed by atoms with van der Waals surface area (Å²) in [5.41, 5.74) is 2.92. The summed E-state index contributed by atoms with van der Waals surface area (Å²) in [6.45, 7) is 1.75. The summed E-state index contributed by atoms with van der Waals surface area (Å²) in [4.78, 5) is 43.7. The first-order valence-corrected chi connectivity index (χ1v) is 9.68. The number of rotatable bonds is 5. The van der Waals surface area contributed by atoms with Gasteiger partial charge >= 0.3 is 0 Å². The molecule has 0 bridgehead atoms. The molecule has 2 heterocycles. The number of anilines is 1. The molecular weight excluding hydrogens is 380 g/mol. The molecule has 3 amide bonds. The van der Waals surface area contributed by atoms with Crippen molar-refractivity contribution in [2.45, 2.75) is 25.8 Å². The quantitative estimate of drug-likeness (QED) is 0.666. The molecule has 1 saturated heterocycles. The number of fused-ring (bicyclic) bond motifs is 1. The number of carbonyl (C=O) groups excluding carboxylic acids is 3. The molecule has 0 aliphatic carbocycles. The van der Waals surface area contributed by atoms with Crippen LogP contribution in [0.1, 0.15) is 24.5 Å². The molecule has 1 unspecified atom stereocenters. The lowest BCUT2D eigenvalue weighted by molar-refractivity contribution is -0.136. The summed E-state index contributed by atoms with van der Waals surface area (Å²) in [6.07, 6.45) is 2.43. The van der Waals surface area contributed by atoms with Gasteiger partial charge in [0.1, 0.15) is 6.04 Å². The Morgan fingerprint density at radius 3 is 2.63 bits per heavy atom. The van der Waals surface area contributed by atoms with Crippen LogP contribution >= 0.6 is 0 Å². The molecule has 1 atom stereocenters. The maximum Gasteiger partial charge on any atom is 0.257 e. The predicted molar refractivity (Wildman–Crippen MR) is 111 cm³/mol. The Morgan fingerprint density at radius 2 is 1.93 bits per heavy atom. The van der Waals surface area contributed by atoms with Crippen molar-refractivity contribution in [3.8, 4) is 6.07 Å². The summed E-state index contributed by atoms with van der Waals surface area (Å²) >= 11 is 0. The number of imide groups is 1. The maximum atomic E-state index is 13.0. The second kappa shape index (κ2) is 7.84. The van der Waals surface area contributed by atoms with Crippen molar-refractivity contribution in [3.05, 3.63) is 65.9 Å². The fraction of sp³-hybridized carbons (Fsp3) is 0.217. The number of aromatic nitrogens is 1. The van der Waals surface area contributed by atoms with E-state index in [4.69, 9.17) is 5.26 Å². The Bertz CT molecular complexity index is 1170. The first-order chi connectivity index (χ1) is 14.5. The molecule has 3 aromatic rings. The number of amides is 3. The monoisotopic (exact) mass is 400 g/mol. The minimum Gasteiger partial charge on any atom is -0.361 e. The molecule has 4 rings (SSSR count). The highest BCUT2D eigenvalue weighted by Gasteiger charge is 2.43. The van der Waals surface area contributed by atoms with E-state index in [0.717, 1.165) is 21.4 Å². The van der Waals surface area contributed by atoms with E-state index in [9.17, 15) is 14.4 Å². The SMILES string of the molecule is CC(=O)N(CCc1c[nH]c2ccccc12)C1CC(=O)N(c2ccc(C#N)cc2)C1=O. The van der Waals surface area contributed by atoms with Gasteiger partial charge in [-0.25, -0.2) is 4.90 Å². The second-order valence-electron chi connectivity index (χ2n) is 7.27. The topological polar surface area (TPSA) is 97.3 Å². The summed E-state index contributed by atoms with van der Waals surface area (Å²) in [7, 11) is 0. The van der Waals surface area contributed by atoms with Crippen LogP contribution in [0.3, 0.4) is 0 Å². The van der Waals surface area contributed by atoms with Crippen LogP contribution in [0.5, 0.6) is 0 Å². The molecular formula is C23H20N4O3. The van der Waals surface area contributed by atoms with E-state index < -0.39 is 11.9 Å². The molecule has 1 N–H and O–H groups in total. The van der Waals surface area contributed by atoms with Crippen LogP contribution in [-0.2, 0) is 20.8 Å². The number of hydrogen-bond acceptors (Lipinski definition) is 4. The van der Waals surface area contributed by atoms with Gasteiger partial charge in [0.2, 0.25) is 11.8 Å². The molecule has 7 heteroatoms. The molecule has 0 saturated carbocycles. The molecule has 0 spiro atoms. The number of carbonyl (C=O) groups is 3. The standard InChI is InChI=1S/C23H20N4O3/c1-15(28)26(11-10-17-14-25-20-5-3-2-4-19(17)20)21-12-22(29)27(23(21)30)18-8-6-16(13-24)7-9-18/h2-9,14,21,25H,10-12H2,1H3. The Hall–Kier alpha value is -3.92. The van der Waals surface area contributed by atoms with Gasteiger partial charge in [0.15, 0.2) is 0 Å². The van der Waals surface area contributed by atoms with Crippen LogP contribution < -0.4 is 4.90 Å². The lowest BCUT2D eigenvalue weighted by Gasteiger charge is -2.26. The van der Waals surface area contributed by atoms with E-state index in [0.29, 0.717) is 24.2 Å². The van der Waals surface area contributed by atoms with Crippen molar-refractivity contribution in [2.24, 2.45) is 0 Å². The van der Waals surface area contributed by atoms with Gasteiger partial charge in [0.05, 0.1) is 23.7 Å². The Kier molecular flexibility index (Phi) is 5.07. The minimum absolute atomic E-state index is 0.0493. The third-order valence-electron chi connectivity index (χ3n) is 5.46. The van der Waals surface area contributed by atoms with Crippen molar-refractivity contribution in [1.29, 1.82) is 5.26 Å². The Labute approximate surface area is 173 Å². The fourth-order valence-corrected chi connectivity index (χ4v) is 3.93. The highest BCUT2D eigenvalue weighted by atomic mass is 16.2. The lowest BCUT2D eigenvalue weighted by Crippen LogP contribution is -2.45. The highest BCUT2D eigenvalue weighted by molar-refractivity contribution is 6.23. The smallest absolute Gasteiger partial charge is 0.257 e. The predicted octanol–water partition coefficient (Wildman–Crippen LogP) is 2.76. The van der Waals surface area contributed by atoms with Gasteiger partial charge in [0, 0.05) is 30.6 Å². The maximum absolute atomic E-state index is 13.0. The van der Waals surface area contributed by atoms with Gasteiger partial charge < -0.3 is 9.88 Å². The van der Waals surface area contributed by atoms with Gasteiger partial charge in [-0.15, -0.1) is 0 Å².